The Morgan fingerprint density at radius 1 is 0.806 bits per heavy atom. The van der Waals surface area contributed by atoms with Crippen LogP contribution in [0.5, 0.6) is 0 Å². The van der Waals surface area contributed by atoms with E-state index in [-0.39, 0.29) is 5.41 Å². The van der Waals surface area contributed by atoms with Crippen LogP contribution in [0.25, 0.3) is 11.4 Å². The summed E-state index contributed by atoms with van der Waals surface area (Å²) >= 11 is 7.80. The molecule has 3 aromatic carbocycles. The zero-order valence-corrected chi connectivity index (χ0v) is 19.6. The molecule has 0 aliphatic carbocycles. The van der Waals surface area contributed by atoms with Crippen molar-refractivity contribution in [2.75, 3.05) is 0 Å². The van der Waals surface area contributed by atoms with Crippen molar-refractivity contribution in [1.29, 1.82) is 0 Å². The van der Waals surface area contributed by atoms with Gasteiger partial charge in [0.15, 0.2) is 11.0 Å². The molecule has 5 heteroatoms. The maximum Gasteiger partial charge on any atom is 0.192 e. The van der Waals surface area contributed by atoms with Crippen LogP contribution >= 0.6 is 23.4 Å². The Labute approximate surface area is 193 Å². The summed E-state index contributed by atoms with van der Waals surface area (Å²) in [5.74, 6) is 1.70. The lowest BCUT2D eigenvalue weighted by molar-refractivity contribution is 0.590. The molecule has 3 nitrogen and oxygen atoms in total. The molecule has 158 valence electrons. The topological polar surface area (TPSA) is 30.7 Å². The molecule has 0 radical (unpaired) electrons. The molecule has 4 aromatic rings. The minimum Gasteiger partial charge on any atom is -0.298 e. The van der Waals surface area contributed by atoms with Crippen molar-refractivity contribution in [3.8, 4) is 11.4 Å². The van der Waals surface area contributed by atoms with Crippen molar-refractivity contribution in [2.24, 2.45) is 0 Å². The van der Waals surface area contributed by atoms with E-state index in [0.29, 0.717) is 5.02 Å². The van der Waals surface area contributed by atoms with E-state index in [1.165, 1.54) is 16.7 Å². The van der Waals surface area contributed by atoms with Gasteiger partial charge in [-0.05, 0) is 46.4 Å². The maximum absolute atomic E-state index is 6.08. The second-order valence-corrected chi connectivity index (χ2v) is 10.00. The predicted octanol–water partition coefficient (Wildman–Crippen LogP) is 7.24. The number of thioether (sulfide) groups is 1. The Morgan fingerprint density at radius 2 is 1.48 bits per heavy atom. The average Bonchev–Trinajstić information content (AvgIpc) is 3.15. The van der Waals surface area contributed by atoms with E-state index in [1.54, 1.807) is 11.8 Å². The molecule has 0 aliphatic heterocycles. The van der Waals surface area contributed by atoms with Gasteiger partial charge >= 0.3 is 0 Å². The van der Waals surface area contributed by atoms with Gasteiger partial charge in [0.1, 0.15) is 0 Å². The fraction of sp³-hybridized carbons (Fsp3) is 0.231. The molecule has 31 heavy (non-hydrogen) atoms. The van der Waals surface area contributed by atoms with E-state index < -0.39 is 0 Å². The Kier molecular flexibility index (Phi) is 6.49. The average molecular weight is 448 g/mol. The van der Waals surface area contributed by atoms with Crippen LogP contribution in [0.3, 0.4) is 0 Å². The highest BCUT2D eigenvalue weighted by atomic mass is 35.5. The van der Waals surface area contributed by atoms with Crippen LogP contribution in [0.1, 0.15) is 37.5 Å². The summed E-state index contributed by atoms with van der Waals surface area (Å²) < 4.78 is 2.19. The molecule has 0 amide bonds. The molecule has 0 unspecified atom stereocenters. The van der Waals surface area contributed by atoms with Crippen LogP contribution in [-0.2, 0) is 17.7 Å². The first-order valence-corrected chi connectivity index (χ1v) is 11.7. The third-order valence-electron chi connectivity index (χ3n) is 5.19. The van der Waals surface area contributed by atoms with E-state index in [4.69, 9.17) is 11.6 Å². The normalized spacial score (nSPS) is 11.6. The van der Waals surface area contributed by atoms with Crippen LogP contribution in [0.15, 0.2) is 84.0 Å². The van der Waals surface area contributed by atoms with Crippen LogP contribution in [0.4, 0.5) is 0 Å². The lowest BCUT2D eigenvalue weighted by Gasteiger charge is -2.19. The fourth-order valence-electron chi connectivity index (χ4n) is 3.37. The molecule has 0 N–H and O–H groups in total. The number of nitrogens with zero attached hydrogens (tertiary/aromatic N) is 3. The second kappa shape index (κ2) is 9.29. The van der Waals surface area contributed by atoms with Crippen molar-refractivity contribution in [3.05, 3.63) is 101 Å². The highest BCUT2D eigenvalue weighted by Crippen LogP contribution is 2.29. The highest BCUT2D eigenvalue weighted by molar-refractivity contribution is 7.98. The summed E-state index contributed by atoms with van der Waals surface area (Å²) in [7, 11) is 0. The zero-order valence-electron chi connectivity index (χ0n) is 18.0. The molecule has 4 rings (SSSR count). The number of rotatable bonds is 6. The van der Waals surface area contributed by atoms with Crippen molar-refractivity contribution in [2.45, 2.75) is 43.6 Å². The van der Waals surface area contributed by atoms with Crippen LogP contribution < -0.4 is 0 Å². The predicted molar refractivity (Wildman–Crippen MR) is 131 cm³/mol. The summed E-state index contributed by atoms with van der Waals surface area (Å²) in [4.78, 5) is 0. The molecular formula is C26H26ClN3S. The van der Waals surface area contributed by atoms with E-state index >= 15 is 0 Å². The molecule has 0 bridgehead atoms. The molecule has 0 fully saturated rings. The Bertz CT molecular complexity index is 1130. The van der Waals surface area contributed by atoms with Gasteiger partial charge in [-0.15, -0.1) is 10.2 Å². The van der Waals surface area contributed by atoms with Crippen molar-refractivity contribution >= 4 is 23.4 Å². The zero-order chi connectivity index (χ0) is 21.8. The van der Waals surface area contributed by atoms with E-state index in [0.717, 1.165) is 28.8 Å². The lowest BCUT2D eigenvalue weighted by atomic mass is 9.87. The first kappa shape index (κ1) is 21.7. The smallest absolute Gasteiger partial charge is 0.192 e. The van der Waals surface area contributed by atoms with Gasteiger partial charge < -0.3 is 0 Å². The molecular weight excluding hydrogens is 422 g/mol. The summed E-state index contributed by atoms with van der Waals surface area (Å²) in [6.07, 6.45) is 0. The molecule has 1 aromatic heterocycles. The van der Waals surface area contributed by atoms with Gasteiger partial charge in [0.25, 0.3) is 0 Å². The fourth-order valence-corrected chi connectivity index (χ4v) is 4.38. The number of hydrogen-bond donors (Lipinski definition) is 0. The van der Waals surface area contributed by atoms with E-state index in [9.17, 15) is 0 Å². The molecule has 0 saturated heterocycles. The van der Waals surface area contributed by atoms with Gasteiger partial charge in [-0.25, -0.2) is 0 Å². The Morgan fingerprint density at radius 3 is 2.13 bits per heavy atom. The largest absolute Gasteiger partial charge is 0.298 e. The van der Waals surface area contributed by atoms with Gasteiger partial charge in [-0.2, -0.15) is 0 Å². The number of aromatic nitrogens is 3. The molecule has 0 atom stereocenters. The summed E-state index contributed by atoms with van der Waals surface area (Å²) in [6.45, 7) is 7.43. The van der Waals surface area contributed by atoms with E-state index in [1.807, 2.05) is 30.3 Å². The standard InChI is InChI=1S/C26H26ClN3S/c1-26(2,3)22-13-9-20(10-14-22)18-31-25-29-28-24(21-11-15-23(27)16-12-21)30(25)17-19-7-5-4-6-8-19/h4-16H,17-18H2,1-3H3. The third-order valence-corrected chi connectivity index (χ3v) is 6.48. The van der Waals surface area contributed by atoms with Gasteiger partial charge in [0.2, 0.25) is 0 Å². The van der Waals surface area contributed by atoms with Crippen LogP contribution in [0.2, 0.25) is 5.02 Å². The number of halogens is 1. The van der Waals surface area contributed by atoms with E-state index in [2.05, 4.69) is 84.1 Å². The first-order chi connectivity index (χ1) is 14.9. The molecule has 0 spiro atoms. The first-order valence-electron chi connectivity index (χ1n) is 10.4. The summed E-state index contributed by atoms with van der Waals surface area (Å²) in [5, 5.41) is 10.7. The van der Waals surface area contributed by atoms with Gasteiger partial charge in [0, 0.05) is 16.3 Å². The van der Waals surface area contributed by atoms with Crippen molar-refractivity contribution in [1.82, 2.24) is 14.8 Å². The number of benzene rings is 3. The second-order valence-electron chi connectivity index (χ2n) is 8.62. The van der Waals surface area contributed by atoms with Crippen LogP contribution in [-0.4, -0.2) is 14.8 Å². The molecule has 0 aliphatic rings. The SMILES string of the molecule is CC(C)(C)c1ccc(CSc2nnc(-c3ccc(Cl)cc3)n2Cc2ccccc2)cc1. The van der Waals surface area contributed by atoms with Crippen molar-refractivity contribution < 1.29 is 0 Å². The quantitative estimate of drug-likeness (QED) is 0.292. The third kappa shape index (κ3) is 5.38. The minimum absolute atomic E-state index is 0.162. The Balaban J connectivity index is 1.60. The van der Waals surface area contributed by atoms with Gasteiger partial charge in [-0.1, -0.05) is 98.7 Å². The lowest BCUT2D eigenvalue weighted by Crippen LogP contribution is -2.10. The Hall–Kier alpha value is -2.56. The molecule has 0 saturated carbocycles. The monoisotopic (exact) mass is 447 g/mol. The number of hydrogen-bond acceptors (Lipinski definition) is 3. The minimum atomic E-state index is 0.162. The molecule has 1 heterocycles. The maximum atomic E-state index is 6.08. The van der Waals surface area contributed by atoms with Gasteiger partial charge in [-0.3, -0.25) is 4.57 Å². The van der Waals surface area contributed by atoms with Gasteiger partial charge in [0.05, 0.1) is 6.54 Å². The summed E-state index contributed by atoms with van der Waals surface area (Å²) in [5.41, 5.74) is 5.01. The van der Waals surface area contributed by atoms with Crippen molar-refractivity contribution in [3.63, 3.8) is 0 Å². The highest BCUT2D eigenvalue weighted by Gasteiger charge is 2.16. The summed E-state index contributed by atoms with van der Waals surface area (Å²) in [6, 6.07) is 27.1. The van der Waals surface area contributed by atoms with Crippen LogP contribution in [0, 0.1) is 0 Å².